The van der Waals surface area contributed by atoms with Crippen LogP contribution in [0, 0.1) is 11.8 Å². The van der Waals surface area contributed by atoms with E-state index in [1.54, 1.807) is 12.4 Å². The Morgan fingerprint density at radius 2 is 2.08 bits per heavy atom. The van der Waals surface area contributed by atoms with E-state index in [-0.39, 0.29) is 0 Å². The topological polar surface area (TPSA) is 63.4 Å². The minimum absolute atomic E-state index is 0.377. The van der Waals surface area contributed by atoms with Crippen molar-refractivity contribution in [3.05, 3.63) is 54.2 Å². The fraction of sp³-hybridized carbons (Fsp3) is 0.300. The van der Waals surface area contributed by atoms with Crippen LogP contribution >= 0.6 is 0 Å². The summed E-state index contributed by atoms with van der Waals surface area (Å²) in [6.45, 7) is 5.72. The Morgan fingerprint density at radius 3 is 2.92 bits per heavy atom. The summed E-state index contributed by atoms with van der Waals surface area (Å²) >= 11 is 0. The van der Waals surface area contributed by atoms with Gasteiger partial charge in [-0.2, -0.15) is 0 Å². The number of hydrogen-bond donors (Lipinski definition) is 1. The van der Waals surface area contributed by atoms with Crippen molar-refractivity contribution in [3.63, 3.8) is 0 Å². The predicted molar refractivity (Wildman–Crippen MR) is 99.0 cm³/mol. The first-order valence-electron chi connectivity index (χ1n) is 8.76. The Kier molecular flexibility index (Phi) is 5.10. The van der Waals surface area contributed by atoms with Gasteiger partial charge in [0, 0.05) is 50.7 Å². The third-order valence-corrected chi connectivity index (χ3v) is 4.23. The fourth-order valence-electron chi connectivity index (χ4n) is 2.87. The number of benzene rings is 1. The van der Waals surface area contributed by atoms with Crippen LogP contribution in [-0.4, -0.2) is 54.2 Å². The van der Waals surface area contributed by atoms with Crippen molar-refractivity contribution in [3.8, 4) is 17.6 Å². The molecule has 26 heavy (non-hydrogen) atoms. The standard InChI is InChI=1S/C20H20N4O2/c1-4-17-20(18(5-1)25-14-13-24-11-9-21-10-12-24)26-19(23-17)7-6-16-3-2-8-22-15-16/h1-5,8,15,21H,9-14H2. The van der Waals surface area contributed by atoms with Crippen LogP contribution in [0.4, 0.5) is 0 Å². The minimum atomic E-state index is 0.377. The molecule has 0 amide bonds. The molecule has 1 saturated heterocycles. The number of pyridine rings is 1. The number of para-hydroxylation sites is 1. The van der Waals surface area contributed by atoms with Gasteiger partial charge in [-0.3, -0.25) is 9.88 Å². The normalized spacial score (nSPS) is 14.8. The summed E-state index contributed by atoms with van der Waals surface area (Å²) in [7, 11) is 0. The van der Waals surface area contributed by atoms with E-state index in [2.05, 4.69) is 32.0 Å². The van der Waals surface area contributed by atoms with E-state index in [1.165, 1.54) is 0 Å². The maximum atomic E-state index is 5.94. The predicted octanol–water partition coefficient (Wildman–Crippen LogP) is 1.91. The molecule has 0 atom stereocenters. The average molecular weight is 348 g/mol. The number of nitrogens with zero attached hydrogens (tertiary/aromatic N) is 3. The molecule has 132 valence electrons. The fourth-order valence-corrected chi connectivity index (χ4v) is 2.87. The molecule has 1 aliphatic heterocycles. The molecule has 1 aliphatic rings. The van der Waals surface area contributed by atoms with Crippen LogP contribution in [0.1, 0.15) is 11.5 Å². The minimum Gasteiger partial charge on any atom is -0.488 e. The zero-order chi connectivity index (χ0) is 17.6. The van der Waals surface area contributed by atoms with E-state index in [0.29, 0.717) is 23.8 Å². The van der Waals surface area contributed by atoms with E-state index < -0.39 is 0 Å². The van der Waals surface area contributed by atoms with Crippen LogP contribution in [0.15, 0.2) is 47.1 Å². The van der Waals surface area contributed by atoms with Crippen molar-refractivity contribution in [1.29, 1.82) is 0 Å². The highest BCUT2D eigenvalue weighted by Crippen LogP contribution is 2.26. The van der Waals surface area contributed by atoms with E-state index in [0.717, 1.165) is 43.8 Å². The van der Waals surface area contributed by atoms with E-state index in [9.17, 15) is 0 Å². The second-order valence-electron chi connectivity index (χ2n) is 6.06. The first-order chi connectivity index (χ1) is 12.9. The Morgan fingerprint density at radius 1 is 1.15 bits per heavy atom. The zero-order valence-electron chi connectivity index (χ0n) is 14.4. The van der Waals surface area contributed by atoms with Gasteiger partial charge in [0.1, 0.15) is 12.1 Å². The molecule has 6 heteroatoms. The van der Waals surface area contributed by atoms with Gasteiger partial charge in [-0.15, -0.1) is 0 Å². The maximum absolute atomic E-state index is 5.94. The zero-order valence-corrected chi connectivity index (χ0v) is 14.4. The first kappa shape index (κ1) is 16.6. The Labute approximate surface area is 152 Å². The smallest absolute Gasteiger partial charge is 0.274 e. The molecule has 0 spiro atoms. The average Bonchev–Trinajstić information content (AvgIpc) is 3.12. The maximum Gasteiger partial charge on any atom is 0.274 e. The summed E-state index contributed by atoms with van der Waals surface area (Å²) in [6.07, 6.45) is 3.43. The SMILES string of the molecule is C(#Cc1nc2cccc(OCCN3CCNCC3)c2o1)c1cccnc1. The van der Waals surface area contributed by atoms with Crippen LogP contribution in [-0.2, 0) is 0 Å². The Balaban J connectivity index is 1.46. The monoisotopic (exact) mass is 348 g/mol. The molecule has 0 bridgehead atoms. The van der Waals surface area contributed by atoms with Gasteiger partial charge in [0.15, 0.2) is 11.3 Å². The number of piperazine rings is 1. The lowest BCUT2D eigenvalue weighted by atomic mass is 10.3. The molecule has 0 radical (unpaired) electrons. The van der Waals surface area contributed by atoms with Crippen LogP contribution in [0.3, 0.4) is 0 Å². The highest BCUT2D eigenvalue weighted by atomic mass is 16.5. The quantitative estimate of drug-likeness (QED) is 0.727. The third kappa shape index (κ3) is 4.02. The largest absolute Gasteiger partial charge is 0.488 e. The highest BCUT2D eigenvalue weighted by molar-refractivity contribution is 5.79. The number of aromatic nitrogens is 2. The second kappa shape index (κ2) is 8.00. The Bertz CT molecular complexity index is 921. The van der Waals surface area contributed by atoms with Crippen molar-refractivity contribution in [2.24, 2.45) is 0 Å². The molecule has 0 aliphatic carbocycles. The van der Waals surface area contributed by atoms with Crippen LogP contribution in [0.25, 0.3) is 11.1 Å². The lowest BCUT2D eigenvalue weighted by Crippen LogP contribution is -2.44. The number of hydrogen-bond acceptors (Lipinski definition) is 6. The Hall–Kier alpha value is -2.88. The molecule has 2 aromatic heterocycles. The summed E-state index contributed by atoms with van der Waals surface area (Å²) in [5, 5.41) is 3.35. The lowest BCUT2D eigenvalue weighted by molar-refractivity contribution is 0.191. The van der Waals surface area contributed by atoms with Gasteiger partial charge in [-0.25, -0.2) is 4.98 Å². The molecule has 4 rings (SSSR count). The van der Waals surface area contributed by atoms with Gasteiger partial charge in [0.05, 0.1) is 0 Å². The molecule has 3 heterocycles. The van der Waals surface area contributed by atoms with E-state index >= 15 is 0 Å². The molecule has 0 unspecified atom stereocenters. The van der Waals surface area contributed by atoms with Crippen LogP contribution in [0.5, 0.6) is 5.75 Å². The number of oxazole rings is 1. The van der Waals surface area contributed by atoms with Crippen LogP contribution < -0.4 is 10.1 Å². The van der Waals surface area contributed by atoms with Gasteiger partial charge < -0.3 is 14.5 Å². The molecule has 3 aromatic rings. The van der Waals surface area contributed by atoms with Gasteiger partial charge in [0.2, 0.25) is 0 Å². The van der Waals surface area contributed by atoms with Gasteiger partial charge >= 0.3 is 0 Å². The summed E-state index contributed by atoms with van der Waals surface area (Å²) in [4.78, 5) is 10.9. The first-order valence-corrected chi connectivity index (χ1v) is 8.76. The molecule has 1 aromatic carbocycles. The summed E-state index contributed by atoms with van der Waals surface area (Å²) in [5.74, 6) is 7.04. The lowest BCUT2D eigenvalue weighted by Gasteiger charge is -2.26. The summed E-state index contributed by atoms with van der Waals surface area (Å²) < 4.78 is 11.8. The molecular weight excluding hydrogens is 328 g/mol. The molecule has 6 nitrogen and oxygen atoms in total. The molecule has 1 fully saturated rings. The highest BCUT2D eigenvalue weighted by Gasteiger charge is 2.12. The van der Waals surface area contributed by atoms with Gasteiger partial charge in [-0.05, 0) is 30.2 Å². The van der Waals surface area contributed by atoms with Crippen molar-refractivity contribution in [1.82, 2.24) is 20.2 Å². The van der Waals surface area contributed by atoms with Crippen molar-refractivity contribution >= 4 is 11.1 Å². The number of rotatable bonds is 4. The second-order valence-corrected chi connectivity index (χ2v) is 6.06. The van der Waals surface area contributed by atoms with E-state index in [1.807, 2.05) is 30.3 Å². The molecule has 1 N–H and O–H groups in total. The molecular formula is C20H20N4O2. The number of nitrogens with one attached hydrogen (secondary N) is 1. The van der Waals surface area contributed by atoms with Crippen LogP contribution in [0.2, 0.25) is 0 Å². The van der Waals surface area contributed by atoms with Crippen molar-refractivity contribution < 1.29 is 9.15 Å². The van der Waals surface area contributed by atoms with Crippen molar-refractivity contribution in [2.75, 3.05) is 39.3 Å². The summed E-state index contributed by atoms with van der Waals surface area (Å²) in [5.41, 5.74) is 2.21. The van der Waals surface area contributed by atoms with Gasteiger partial charge in [-0.1, -0.05) is 12.0 Å². The number of ether oxygens (including phenoxy) is 1. The number of fused-ring (bicyclic) bond motifs is 1. The van der Waals surface area contributed by atoms with Gasteiger partial charge in [0.25, 0.3) is 5.89 Å². The molecule has 0 saturated carbocycles. The summed E-state index contributed by atoms with van der Waals surface area (Å²) in [6, 6.07) is 9.47. The van der Waals surface area contributed by atoms with Crippen molar-refractivity contribution in [2.45, 2.75) is 0 Å². The van der Waals surface area contributed by atoms with E-state index in [4.69, 9.17) is 9.15 Å². The third-order valence-electron chi connectivity index (χ3n) is 4.23.